The van der Waals surface area contributed by atoms with E-state index in [4.69, 9.17) is 24.2 Å². The van der Waals surface area contributed by atoms with Crippen molar-refractivity contribution in [3.63, 3.8) is 0 Å². The zero-order valence-corrected chi connectivity index (χ0v) is 20.4. The molecule has 0 saturated carbocycles. The molecule has 0 aliphatic rings. The first-order valence-electron chi connectivity index (χ1n) is 11.5. The molecule has 0 spiro atoms. The average molecular weight is 492 g/mol. The van der Waals surface area contributed by atoms with Gasteiger partial charge in [-0.2, -0.15) is 5.26 Å². The van der Waals surface area contributed by atoms with Crippen molar-refractivity contribution in [2.45, 2.75) is 6.42 Å². The summed E-state index contributed by atoms with van der Waals surface area (Å²) >= 11 is 0. The second kappa shape index (κ2) is 13.6. The van der Waals surface area contributed by atoms with E-state index in [-0.39, 0.29) is 5.69 Å². The molecule has 3 aromatic carbocycles. The van der Waals surface area contributed by atoms with E-state index in [9.17, 15) is 10.1 Å². The topological polar surface area (TPSA) is 107 Å². The first kappa shape index (κ1) is 26.3. The largest absolute Gasteiger partial charge is 0.493 e. The minimum Gasteiger partial charge on any atom is -0.493 e. The quantitative estimate of drug-likeness (QED) is 0.240. The Kier molecular flexibility index (Phi) is 9.91. The summed E-state index contributed by atoms with van der Waals surface area (Å²) < 4.78 is 22.4. The zero-order valence-electron chi connectivity index (χ0n) is 20.4. The summed E-state index contributed by atoms with van der Waals surface area (Å²) in [4.78, 5) is 12.6. The predicted molar refractivity (Wildman–Crippen MR) is 135 cm³/mol. The van der Waals surface area contributed by atoms with Crippen molar-refractivity contribution >= 4 is 5.69 Å². The van der Waals surface area contributed by atoms with Crippen LogP contribution in [0.15, 0.2) is 66.7 Å². The maximum absolute atomic E-state index is 10.8. The van der Waals surface area contributed by atoms with Crippen molar-refractivity contribution in [1.29, 1.82) is 5.26 Å². The zero-order chi connectivity index (χ0) is 25.8. The van der Waals surface area contributed by atoms with Crippen LogP contribution in [0.2, 0.25) is 0 Å². The number of benzene rings is 3. The molecule has 0 fully saturated rings. The number of nitrogens with zero attached hydrogens (tertiary/aromatic N) is 3. The summed E-state index contributed by atoms with van der Waals surface area (Å²) in [5, 5.41) is 19.8. The van der Waals surface area contributed by atoms with Crippen LogP contribution in [0.4, 0.5) is 5.69 Å². The fourth-order valence-corrected chi connectivity index (χ4v) is 3.53. The number of rotatable bonds is 14. The summed E-state index contributed by atoms with van der Waals surface area (Å²) in [5.74, 6) is 2.66. The highest BCUT2D eigenvalue weighted by molar-refractivity contribution is 5.43. The SMILES string of the molecule is COc1ccc(CCN(CCOc2ccc(C#N)cc2)CCOc2ccc([N+](=O)[O-])cc2)cc1OC. The number of non-ortho nitro benzene ring substituents is 1. The van der Waals surface area contributed by atoms with Crippen LogP contribution in [0.3, 0.4) is 0 Å². The van der Waals surface area contributed by atoms with Crippen molar-refractivity contribution < 1.29 is 23.9 Å². The van der Waals surface area contributed by atoms with E-state index in [1.165, 1.54) is 12.1 Å². The van der Waals surface area contributed by atoms with Gasteiger partial charge in [0.25, 0.3) is 5.69 Å². The van der Waals surface area contributed by atoms with Gasteiger partial charge < -0.3 is 18.9 Å². The summed E-state index contributed by atoms with van der Waals surface area (Å²) in [6.07, 6.45) is 0.786. The molecule has 0 atom stereocenters. The molecule has 9 nitrogen and oxygen atoms in total. The number of nitriles is 1. The van der Waals surface area contributed by atoms with Gasteiger partial charge in [-0.25, -0.2) is 0 Å². The van der Waals surface area contributed by atoms with Gasteiger partial charge in [0.1, 0.15) is 24.7 Å². The lowest BCUT2D eigenvalue weighted by Gasteiger charge is -2.23. The molecule has 9 heteroatoms. The third-order valence-corrected chi connectivity index (χ3v) is 5.55. The minimum atomic E-state index is -0.437. The molecule has 0 aliphatic heterocycles. The monoisotopic (exact) mass is 491 g/mol. The van der Waals surface area contributed by atoms with E-state index in [2.05, 4.69) is 11.0 Å². The maximum Gasteiger partial charge on any atom is 0.269 e. The summed E-state index contributed by atoms with van der Waals surface area (Å²) in [5.41, 5.74) is 1.73. The van der Waals surface area contributed by atoms with Crippen LogP contribution in [0, 0.1) is 21.4 Å². The second-order valence-electron chi connectivity index (χ2n) is 7.87. The highest BCUT2D eigenvalue weighted by Crippen LogP contribution is 2.27. The van der Waals surface area contributed by atoms with Crippen LogP contribution in [0.1, 0.15) is 11.1 Å². The van der Waals surface area contributed by atoms with Gasteiger partial charge in [0, 0.05) is 31.8 Å². The molecule has 0 radical (unpaired) electrons. The highest BCUT2D eigenvalue weighted by Gasteiger charge is 2.10. The standard InChI is InChI=1S/C27H29N3O6/c1-33-26-12-5-21(19-27(26)34-2)13-14-29(15-17-35-24-8-3-22(20-28)4-9-24)16-18-36-25-10-6-23(7-11-25)30(31)32/h3-12,19H,13-18H2,1-2H3. The van der Waals surface area contributed by atoms with E-state index < -0.39 is 4.92 Å². The van der Waals surface area contributed by atoms with Crippen LogP contribution in [-0.2, 0) is 6.42 Å². The fourth-order valence-electron chi connectivity index (χ4n) is 3.53. The molecule has 36 heavy (non-hydrogen) atoms. The van der Waals surface area contributed by atoms with Crippen molar-refractivity contribution in [2.75, 3.05) is 47.1 Å². The lowest BCUT2D eigenvalue weighted by molar-refractivity contribution is -0.384. The normalized spacial score (nSPS) is 10.5. The lowest BCUT2D eigenvalue weighted by atomic mass is 10.1. The first-order chi connectivity index (χ1) is 17.5. The fraction of sp³-hybridized carbons (Fsp3) is 0.296. The molecule has 0 heterocycles. The first-order valence-corrected chi connectivity index (χ1v) is 11.5. The Labute approximate surface area is 210 Å². The maximum atomic E-state index is 10.8. The molecule has 0 saturated heterocycles. The number of hydrogen-bond acceptors (Lipinski definition) is 8. The Hall–Kier alpha value is -4.29. The Morgan fingerprint density at radius 2 is 1.42 bits per heavy atom. The molecule has 3 aromatic rings. The molecule has 0 bridgehead atoms. The van der Waals surface area contributed by atoms with Crippen molar-refractivity contribution in [2.24, 2.45) is 0 Å². The van der Waals surface area contributed by atoms with Gasteiger partial charge in [0.15, 0.2) is 11.5 Å². The third kappa shape index (κ3) is 7.89. The summed E-state index contributed by atoms with van der Waals surface area (Å²) in [7, 11) is 3.22. The van der Waals surface area contributed by atoms with Gasteiger partial charge in [-0.3, -0.25) is 15.0 Å². The highest BCUT2D eigenvalue weighted by atomic mass is 16.6. The molecular formula is C27H29N3O6. The molecule has 188 valence electrons. The Morgan fingerprint density at radius 1 is 0.833 bits per heavy atom. The average Bonchev–Trinajstić information content (AvgIpc) is 2.91. The number of nitro benzene ring substituents is 1. The van der Waals surface area contributed by atoms with Crippen LogP contribution in [0.5, 0.6) is 23.0 Å². The number of nitro groups is 1. The van der Waals surface area contributed by atoms with Crippen LogP contribution >= 0.6 is 0 Å². The molecular weight excluding hydrogens is 462 g/mol. The number of hydrogen-bond donors (Lipinski definition) is 0. The molecule has 0 N–H and O–H groups in total. The van der Waals surface area contributed by atoms with Crippen LogP contribution < -0.4 is 18.9 Å². The van der Waals surface area contributed by atoms with E-state index in [1.54, 1.807) is 50.6 Å². The summed E-state index contributed by atoms with van der Waals surface area (Å²) in [6.45, 7) is 2.95. The predicted octanol–water partition coefficient (Wildman–Crippen LogP) is 4.49. The summed E-state index contributed by atoms with van der Waals surface area (Å²) in [6, 6.07) is 21.0. The number of methoxy groups -OCH3 is 2. The van der Waals surface area contributed by atoms with Gasteiger partial charge in [0.05, 0.1) is 30.8 Å². The Morgan fingerprint density at radius 3 is 1.94 bits per heavy atom. The van der Waals surface area contributed by atoms with Crippen molar-refractivity contribution in [3.05, 3.63) is 88.0 Å². The minimum absolute atomic E-state index is 0.0267. The van der Waals surface area contributed by atoms with E-state index in [0.29, 0.717) is 54.9 Å². The van der Waals surface area contributed by atoms with E-state index in [1.807, 2.05) is 18.2 Å². The van der Waals surface area contributed by atoms with E-state index >= 15 is 0 Å². The van der Waals surface area contributed by atoms with Crippen molar-refractivity contribution in [3.8, 4) is 29.1 Å². The van der Waals surface area contributed by atoms with Gasteiger partial charge >= 0.3 is 0 Å². The Balaban J connectivity index is 1.57. The number of ether oxygens (including phenoxy) is 4. The smallest absolute Gasteiger partial charge is 0.269 e. The molecule has 3 rings (SSSR count). The van der Waals surface area contributed by atoms with Gasteiger partial charge in [-0.15, -0.1) is 0 Å². The molecule has 0 amide bonds. The van der Waals surface area contributed by atoms with Gasteiger partial charge in [-0.05, 0) is 60.5 Å². The third-order valence-electron chi connectivity index (χ3n) is 5.55. The van der Waals surface area contributed by atoms with Crippen LogP contribution in [-0.4, -0.2) is 56.9 Å². The lowest BCUT2D eigenvalue weighted by Crippen LogP contribution is -2.34. The molecule has 0 aromatic heterocycles. The van der Waals surface area contributed by atoms with Gasteiger partial charge in [0.2, 0.25) is 0 Å². The van der Waals surface area contributed by atoms with Crippen molar-refractivity contribution in [1.82, 2.24) is 4.90 Å². The Bertz CT molecular complexity index is 1160. The molecule has 0 aliphatic carbocycles. The van der Waals surface area contributed by atoms with Gasteiger partial charge in [-0.1, -0.05) is 6.07 Å². The van der Waals surface area contributed by atoms with Crippen LogP contribution in [0.25, 0.3) is 0 Å². The van der Waals surface area contributed by atoms with E-state index in [0.717, 1.165) is 18.5 Å². The molecule has 0 unspecified atom stereocenters. The second-order valence-corrected chi connectivity index (χ2v) is 7.87.